The Kier molecular flexibility index (Phi) is 5.66. The Balaban J connectivity index is 1.58. The van der Waals surface area contributed by atoms with Crippen molar-refractivity contribution in [1.82, 2.24) is 24.9 Å². The van der Waals surface area contributed by atoms with E-state index >= 15 is 0 Å². The van der Waals surface area contributed by atoms with Crippen molar-refractivity contribution in [2.75, 3.05) is 43.0 Å². The molecule has 0 bridgehead atoms. The molecular formula is C23H23FN8S. The van der Waals surface area contributed by atoms with E-state index in [1.807, 2.05) is 28.6 Å². The Hall–Kier alpha value is -3.55. The fourth-order valence-electron chi connectivity index (χ4n) is 4.00. The van der Waals surface area contributed by atoms with E-state index < -0.39 is 0 Å². The quantitative estimate of drug-likeness (QED) is 0.447. The van der Waals surface area contributed by atoms with E-state index in [0.29, 0.717) is 21.4 Å². The Labute approximate surface area is 195 Å². The van der Waals surface area contributed by atoms with Crippen LogP contribution >= 0.6 is 11.3 Å². The van der Waals surface area contributed by atoms with Crippen LogP contribution in [0.25, 0.3) is 21.7 Å². The van der Waals surface area contributed by atoms with Gasteiger partial charge in [-0.2, -0.15) is 4.52 Å². The zero-order valence-electron chi connectivity index (χ0n) is 18.4. The van der Waals surface area contributed by atoms with Gasteiger partial charge in [-0.25, -0.2) is 19.2 Å². The first-order chi connectivity index (χ1) is 16.1. The molecule has 3 aromatic heterocycles. The summed E-state index contributed by atoms with van der Waals surface area (Å²) in [6, 6.07) is 10.1. The summed E-state index contributed by atoms with van der Waals surface area (Å²) in [6.07, 6.45) is 0.734. The van der Waals surface area contributed by atoms with Gasteiger partial charge in [-0.05, 0) is 36.2 Å². The Bertz CT molecular complexity index is 1330. The van der Waals surface area contributed by atoms with Gasteiger partial charge in [0.2, 0.25) is 0 Å². The fourth-order valence-corrected chi connectivity index (χ4v) is 4.84. The third-order valence-corrected chi connectivity index (χ3v) is 6.73. The SMILES string of the molecule is [C-]#[N+]c1sc(N(C)c2c(CC)nc3ccc(N4CCNCC4)nn23)nc1-c1ccc(F)cc1. The fraction of sp³-hybridized carbons (Fsp3) is 0.304. The number of fused-ring (bicyclic) bond motifs is 1. The highest BCUT2D eigenvalue weighted by atomic mass is 32.1. The molecule has 33 heavy (non-hydrogen) atoms. The normalized spacial score (nSPS) is 13.9. The number of thiazole rings is 1. The number of anilines is 3. The molecule has 8 nitrogen and oxygen atoms in total. The number of piperazine rings is 1. The highest BCUT2D eigenvalue weighted by Gasteiger charge is 2.23. The second-order valence-corrected chi connectivity index (χ2v) is 8.72. The molecule has 1 N–H and O–H groups in total. The van der Waals surface area contributed by atoms with E-state index in [2.05, 4.69) is 22.0 Å². The molecular weight excluding hydrogens is 439 g/mol. The number of rotatable bonds is 5. The lowest BCUT2D eigenvalue weighted by atomic mass is 10.1. The topological polar surface area (TPSA) is 66.0 Å². The largest absolute Gasteiger partial charge is 0.353 e. The van der Waals surface area contributed by atoms with E-state index in [1.54, 1.807) is 12.1 Å². The minimum atomic E-state index is -0.319. The maximum Gasteiger partial charge on any atom is 0.270 e. The zero-order valence-corrected chi connectivity index (χ0v) is 19.2. The van der Waals surface area contributed by atoms with Gasteiger partial charge in [0, 0.05) is 33.2 Å². The van der Waals surface area contributed by atoms with Crippen LogP contribution in [0.4, 0.5) is 26.2 Å². The molecule has 1 aromatic carbocycles. The van der Waals surface area contributed by atoms with Gasteiger partial charge in [-0.3, -0.25) is 0 Å². The number of imidazole rings is 1. The molecule has 0 atom stereocenters. The van der Waals surface area contributed by atoms with Crippen LogP contribution < -0.4 is 15.1 Å². The second-order valence-electron chi connectivity index (χ2n) is 7.76. The van der Waals surface area contributed by atoms with E-state index in [4.69, 9.17) is 21.6 Å². The standard InChI is InChI=1S/C23H23FN8S/c1-4-17-22(32-18(27-17)9-10-19(29-32)31-13-11-26-12-14-31)30(3)23-28-20(21(25-2)33-23)15-5-7-16(24)8-6-15/h5-10,26H,4,11-14H2,1,3H3. The maximum atomic E-state index is 13.4. The molecule has 10 heteroatoms. The number of nitrogens with one attached hydrogen (secondary N) is 1. The molecule has 0 amide bonds. The molecule has 168 valence electrons. The minimum Gasteiger partial charge on any atom is -0.353 e. The van der Waals surface area contributed by atoms with Crippen LogP contribution in [0.15, 0.2) is 36.4 Å². The molecule has 1 fully saturated rings. The van der Waals surface area contributed by atoms with E-state index in [9.17, 15) is 4.39 Å². The smallest absolute Gasteiger partial charge is 0.270 e. The molecule has 4 aromatic rings. The number of nitrogens with zero attached hydrogens (tertiary/aromatic N) is 7. The first-order valence-corrected chi connectivity index (χ1v) is 11.6. The van der Waals surface area contributed by atoms with Gasteiger partial charge in [0.25, 0.3) is 5.00 Å². The average molecular weight is 463 g/mol. The summed E-state index contributed by atoms with van der Waals surface area (Å²) in [4.78, 5) is 17.4. The highest BCUT2D eigenvalue weighted by Crippen LogP contribution is 2.42. The molecule has 4 heterocycles. The van der Waals surface area contributed by atoms with Gasteiger partial charge in [-0.1, -0.05) is 19.1 Å². The van der Waals surface area contributed by atoms with Crippen molar-refractivity contribution >= 4 is 38.8 Å². The summed E-state index contributed by atoms with van der Waals surface area (Å²) < 4.78 is 15.3. The van der Waals surface area contributed by atoms with Crippen LogP contribution in [0, 0.1) is 12.4 Å². The van der Waals surface area contributed by atoms with Crippen molar-refractivity contribution in [3.05, 3.63) is 59.3 Å². The van der Waals surface area contributed by atoms with Crippen LogP contribution in [0.1, 0.15) is 12.6 Å². The summed E-state index contributed by atoms with van der Waals surface area (Å²) in [5.74, 6) is 1.42. The number of halogens is 1. The van der Waals surface area contributed by atoms with Crippen molar-refractivity contribution in [2.24, 2.45) is 0 Å². The lowest BCUT2D eigenvalue weighted by Crippen LogP contribution is -2.44. The molecule has 0 saturated carbocycles. The van der Waals surface area contributed by atoms with Gasteiger partial charge >= 0.3 is 0 Å². The second kappa shape index (κ2) is 8.77. The predicted molar refractivity (Wildman–Crippen MR) is 129 cm³/mol. The van der Waals surface area contributed by atoms with Crippen LogP contribution in [0.3, 0.4) is 0 Å². The van der Waals surface area contributed by atoms with Crippen molar-refractivity contribution in [1.29, 1.82) is 0 Å². The highest BCUT2D eigenvalue weighted by molar-refractivity contribution is 7.20. The van der Waals surface area contributed by atoms with Gasteiger partial charge < -0.3 is 15.1 Å². The summed E-state index contributed by atoms with van der Waals surface area (Å²) in [5, 5.41) is 9.40. The molecule has 0 unspecified atom stereocenters. The van der Waals surface area contributed by atoms with Crippen molar-refractivity contribution in [3.63, 3.8) is 0 Å². The lowest BCUT2D eigenvalue weighted by Gasteiger charge is -2.28. The first kappa shape index (κ1) is 21.3. The third kappa shape index (κ3) is 3.90. The molecule has 5 rings (SSSR count). The lowest BCUT2D eigenvalue weighted by molar-refractivity contribution is 0.581. The van der Waals surface area contributed by atoms with E-state index in [-0.39, 0.29) is 5.82 Å². The first-order valence-electron chi connectivity index (χ1n) is 10.8. The van der Waals surface area contributed by atoms with Crippen molar-refractivity contribution < 1.29 is 4.39 Å². The molecule has 0 aliphatic carbocycles. The Morgan fingerprint density at radius 3 is 2.61 bits per heavy atom. The number of aryl methyl sites for hydroxylation is 1. The van der Waals surface area contributed by atoms with E-state index in [1.165, 1.54) is 23.5 Å². The van der Waals surface area contributed by atoms with Crippen LogP contribution in [0.5, 0.6) is 0 Å². The minimum absolute atomic E-state index is 0.319. The van der Waals surface area contributed by atoms with Crippen LogP contribution in [-0.2, 0) is 6.42 Å². The third-order valence-electron chi connectivity index (χ3n) is 5.71. The van der Waals surface area contributed by atoms with Gasteiger partial charge in [-0.15, -0.1) is 16.4 Å². The molecule has 1 saturated heterocycles. The van der Waals surface area contributed by atoms with Crippen LogP contribution in [0.2, 0.25) is 0 Å². The van der Waals surface area contributed by atoms with Gasteiger partial charge in [0.15, 0.2) is 16.6 Å². The Morgan fingerprint density at radius 2 is 1.91 bits per heavy atom. The average Bonchev–Trinajstić information content (AvgIpc) is 3.46. The zero-order chi connectivity index (χ0) is 22.9. The summed E-state index contributed by atoms with van der Waals surface area (Å²) in [7, 11) is 1.92. The predicted octanol–water partition coefficient (Wildman–Crippen LogP) is 4.28. The summed E-state index contributed by atoms with van der Waals surface area (Å²) in [5.41, 5.74) is 2.95. The van der Waals surface area contributed by atoms with Gasteiger partial charge in [0.1, 0.15) is 11.6 Å². The monoisotopic (exact) mass is 462 g/mol. The number of benzene rings is 1. The van der Waals surface area contributed by atoms with E-state index in [0.717, 1.165) is 55.6 Å². The summed E-state index contributed by atoms with van der Waals surface area (Å²) in [6.45, 7) is 13.4. The maximum absolute atomic E-state index is 13.4. The van der Waals surface area contributed by atoms with Crippen LogP contribution in [-0.4, -0.2) is 52.8 Å². The summed E-state index contributed by atoms with van der Waals surface area (Å²) >= 11 is 1.30. The number of hydrogen-bond acceptors (Lipinski definition) is 7. The Morgan fingerprint density at radius 1 is 1.15 bits per heavy atom. The molecule has 1 aliphatic heterocycles. The van der Waals surface area contributed by atoms with Gasteiger partial charge in [0.05, 0.1) is 18.0 Å². The van der Waals surface area contributed by atoms with Crippen molar-refractivity contribution in [2.45, 2.75) is 13.3 Å². The molecule has 0 radical (unpaired) electrons. The number of aromatic nitrogens is 4. The molecule has 1 aliphatic rings. The molecule has 0 spiro atoms. The number of hydrogen-bond donors (Lipinski definition) is 1. The van der Waals surface area contributed by atoms with Crippen molar-refractivity contribution in [3.8, 4) is 11.3 Å².